The number of amides is 1. The lowest BCUT2D eigenvalue weighted by Crippen LogP contribution is -2.43. The third kappa shape index (κ3) is 4.52. The van der Waals surface area contributed by atoms with Gasteiger partial charge in [-0.2, -0.15) is 0 Å². The molecule has 1 amide bonds. The van der Waals surface area contributed by atoms with Gasteiger partial charge in [0.25, 0.3) is 5.91 Å². The van der Waals surface area contributed by atoms with Gasteiger partial charge in [0.15, 0.2) is 0 Å². The second-order valence-electron chi connectivity index (χ2n) is 6.09. The van der Waals surface area contributed by atoms with Crippen molar-refractivity contribution in [2.75, 3.05) is 32.8 Å². The maximum Gasteiger partial charge on any atom is 0.255 e. The number of phenolic OH excluding ortho intramolecular Hbond substituents is 1. The second kappa shape index (κ2) is 8.49. The van der Waals surface area contributed by atoms with Gasteiger partial charge in [-0.25, -0.2) is 4.39 Å². The molecule has 1 heterocycles. The number of carbonyl (C=O) groups excluding carboxylic acids is 1. The molecule has 0 bridgehead atoms. The molecule has 1 atom stereocenters. The number of nitrogens with one attached hydrogen (secondary N) is 1. The van der Waals surface area contributed by atoms with Crippen molar-refractivity contribution in [2.24, 2.45) is 0 Å². The Hall–Kier alpha value is -2.15. The Bertz CT molecular complexity index is 764. The number of rotatable bonds is 5. The second-order valence-corrected chi connectivity index (χ2v) is 6.52. The zero-order chi connectivity index (χ0) is 18.5. The Morgan fingerprint density at radius 1 is 1.23 bits per heavy atom. The number of ether oxygens (including phenoxy) is 1. The Labute approximate surface area is 156 Å². The topological polar surface area (TPSA) is 61.8 Å². The molecule has 2 N–H and O–H groups in total. The average molecular weight is 379 g/mol. The van der Waals surface area contributed by atoms with E-state index >= 15 is 0 Å². The predicted octanol–water partition coefficient (Wildman–Crippen LogP) is 2.99. The molecule has 3 rings (SSSR count). The summed E-state index contributed by atoms with van der Waals surface area (Å²) in [5.74, 6) is -0.843. The first-order valence-electron chi connectivity index (χ1n) is 8.38. The molecule has 1 unspecified atom stereocenters. The summed E-state index contributed by atoms with van der Waals surface area (Å²) in [4.78, 5) is 14.6. The normalized spacial score (nSPS) is 16.2. The van der Waals surface area contributed by atoms with Crippen LogP contribution in [0.15, 0.2) is 42.5 Å². The molecule has 1 saturated heterocycles. The van der Waals surface area contributed by atoms with E-state index in [4.69, 9.17) is 16.3 Å². The summed E-state index contributed by atoms with van der Waals surface area (Å²) < 4.78 is 18.7. The minimum Gasteiger partial charge on any atom is -0.507 e. The zero-order valence-electron chi connectivity index (χ0n) is 14.1. The van der Waals surface area contributed by atoms with Crippen molar-refractivity contribution in [3.8, 4) is 5.75 Å². The molecule has 138 valence electrons. The summed E-state index contributed by atoms with van der Waals surface area (Å²) in [6.45, 7) is 2.98. The molecule has 0 aliphatic carbocycles. The number of benzene rings is 2. The van der Waals surface area contributed by atoms with E-state index in [1.165, 1.54) is 30.3 Å². The van der Waals surface area contributed by atoms with Gasteiger partial charge in [-0.1, -0.05) is 23.7 Å². The lowest BCUT2D eigenvalue weighted by molar-refractivity contribution is 0.0162. The maximum absolute atomic E-state index is 13.3. The smallest absolute Gasteiger partial charge is 0.255 e. The molecular formula is C19H20ClFN2O3. The number of carbonyl (C=O) groups is 1. The van der Waals surface area contributed by atoms with Gasteiger partial charge in [0.1, 0.15) is 11.6 Å². The molecule has 0 saturated carbocycles. The Kier molecular flexibility index (Phi) is 6.08. The van der Waals surface area contributed by atoms with Crippen molar-refractivity contribution in [3.63, 3.8) is 0 Å². The van der Waals surface area contributed by atoms with E-state index in [9.17, 15) is 14.3 Å². The van der Waals surface area contributed by atoms with Crippen molar-refractivity contribution in [3.05, 3.63) is 64.4 Å². The molecule has 2 aromatic rings. The Morgan fingerprint density at radius 2 is 1.92 bits per heavy atom. The van der Waals surface area contributed by atoms with Crippen molar-refractivity contribution < 1.29 is 19.0 Å². The van der Waals surface area contributed by atoms with Gasteiger partial charge in [-0.15, -0.1) is 0 Å². The molecule has 0 aromatic heterocycles. The molecule has 7 heteroatoms. The number of halogens is 2. The lowest BCUT2D eigenvalue weighted by Gasteiger charge is -2.35. The van der Waals surface area contributed by atoms with E-state index < -0.39 is 5.91 Å². The van der Waals surface area contributed by atoms with E-state index in [0.29, 0.717) is 24.8 Å². The molecule has 0 radical (unpaired) electrons. The van der Waals surface area contributed by atoms with Crippen molar-refractivity contribution in [1.29, 1.82) is 0 Å². The fraction of sp³-hybridized carbons (Fsp3) is 0.316. The van der Waals surface area contributed by atoms with Crippen LogP contribution in [0, 0.1) is 5.82 Å². The number of hydrogen-bond acceptors (Lipinski definition) is 4. The first-order valence-corrected chi connectivity index (χ1v) is 8.76. The summed E-state index contributed by atoms with van der Waals surface area (Å²) in [6.07, 6.45) is 0. The molecule has 5 nitrogen and oxygen atoms in total. The molecular weight excluding hydrogens is 359 g/mol. The molecule has 1 aliphatic rings. The molecule has 26 heavy (non-hydrogen) atoms. The van der Waals surface area contributed by atoms with E-state index in [1.807, 2.05) is 0 Å². The minimum atomic E-state index is -0.412. The average Bonchev–Trinajstić information content (AvgIpc) is 2.66. The van der Waals surface area contributed by atoms with Gasteiger partial charge in [0.2, 0.25) is 0 Å². The summed E-state index contributed by atoms with van der Waals surface area (Å²) in [6, 6.07) is 10.5. The molecule has 0 spiro atoms. The van der Waals surface area contributed by atoms with Gasteiger partial charge in [0.05, 0.1) is 24.8 Å². The number of nitrogens with zero attached hydrogens (tertiary/aromatic N) is 1. The van der Waals surface area contributed by atoms with Gasteiger partial charge >= 0.3 is 0 Å². The summed E-state index contributed by atoms with van der Waals surface area (Å²) >= 11 is 5.91. The minimum absolute atomic E-state index is 0.121. The van der Waals surface area contributed by atoms with Crippen molar-refractivity contribution in [2.45, 2.75) is 6.04 Å². The van der Waals surface area contributed by atoms with Crippen LogP contribution >= 0.6 is 11.6 Å². The molecule has 1 aliphatic heterocycles. The van der Waals surface area contributed by atoms with Gasteiger partial charge < -0.3 is 15.2 Å². The van der Waals surface area contributed by atoms with Crippen molar-refractivity contribution >= 4 is 17.5 Å². The molecule has 1 fully saturated rings. The number of phenols is 1. The largest absolute Gasteiger partial charge is 0.507 e. The predicted molar refractivity (Wildman–Crippen MR) is 97.0 cm³/mol. The van der Waals surface area contributed by atoms with Crippen LogP contribution < -0.4 is 5.32 Å². The lowest BCUT2D eigenvalue weighted by atomic mass is 10.0. The van der Waals surface area contributed by atoms with Gasteiger partial charge in [-0.3, -0.25) is 9.69 Å². The fourth-order valence-electron chi connectivity index (χ4n) is 3.01. The standard InChI is InChI=1S/C19H20ClFN2O3/c20-14-3-6-18(24)16(11-14)19(25)22-12-17(23-7-9-26-10-8-23)13-1-4-15(21)5-2-13/h1-6,11,17,24H,7-10,12H2,(H,22,25). The quantitative estimate of drug-likeness (QED) is 0.839. The first kappa shape index (κ1) is 18.6. The van der Waals surface area contributed by atoms with E-state index in [0.717, 1.165) is 18.7 Å². The number of aromatic hydroxyl groups is 1. The molecule has 2 aromatic carbocycles. The monoisotopic (exact) mass is 378 g/mol. The van der Waals surface area contributed by atoms with Gasteiger partial charge in [-0.05, 0) is 35.9 Å². The van der Waals surface area contributed by atoms with Crippen LogP contribution in [-0.4, -0.2) is 48.8 Å². The fourth-order valence-corrected chi connectivity index (χ4v) is 3.18. The van der Waals surface area contributed by atoms with Crippen LogP contribution in [0.4, 0.5) is 4.39 Å². The van der Waals surface area contributed by atoms with E-state index in [-0.39, 0.29) is 23.2 Å². The Morgan fingerprint density at radius 3 is 2.62 bits per heavy atom. The highest BCUT2D eigenvalue weighted by Crippen LogP contribution is 2.24. The van der Waals surface area contributed by atoms with Crippen molar-refractivity contribution in [1.82, 2.24) is 10.2 Å². The first-order chi connectivity index (χ1) is 12.5. The van der Waals surface area contributed by atoms with Crippen LogP contribution in [0.3, 0.4) is 0 Å². The van der Waals surface area contributed by atoms with Crippen LogP contribution in [0.5, 0.6) is 5.75 Å². The van der Waals surface area contributed by atoms with Crippen LogP contribution in [-0.2, 0) is 4.74 Å². The number of hydrogen-bond donors (Lipinski definition) is 2. The maximum atomic E-state index is 13.3. The highest BCUT2D eigenvalue weighted by molar-refractivity contribution is 6.31. The highest BCUT2D eigenvalue weighted by atomic mass is 35.5. The highest BCUT2D eigenvalue weighted by Gasteiger charge is 2.24. The van der Waals surface area contributed by atoms with E-state index in [1.54, 1.807) is 12.1 Å². The van der Waals surface area contributed by atoms with Gasteiger partial charge in [0, 0.05) is 24.7 Å². The third-order valence-electron chi connectivity index (χ3n) is 4.40. The number of morpholine rings is 1. The van der Waals surface area contributed by atoms with Crippen LogP contribution in [0.2, 0.25) is 5.02 Å². The zero-order valence-corrected chi connectivity index (χ0v) is 14.9. The van der Waals surface area contributed by atoms with E-state index in [2.05, 4.69) is 10.2 Å². The summed E-state index contributed by atoms with van der Waals surface area (Å²) in [5, 5.41) is 13.1. The Balaban J connectivity index is 1.75. The van der Waals surface area contributed by atoms with Crippen LogP contribution in [0.25, 0.3) is 0 Å². The summed E-state index contributed by atoms with van der Waals surface area (Å²) in [7, 11) is 0. The van der Waals surface area contributed by atoms with Crippen LogP contribution in [0.1, 0.15) is 22.0 Å². The third-order valence-corrected chi connectivity index (χ3v) is 4.64. The SMILES string of the molecule is O=C(NCC(c1ccc(F)cc1)N1CCOCC1)c1cc(Cl)ccc1O. The summed E-state index contributed by atoms with van der Waals surface area (Å²) in [5.41, 5.74) is 1.03.